The number of ether oxygens (including phenoxy) is 2. The van der Waals surface area contributed by atoms with Crippen LogP contribution in [0.2, 0.25) is 0 Å². The van der Waals surface area contributed by atoms with Crippen LogP contribution in [0.3, 0.4) is 0 Å². The molecule has 166 valence electrons. The summed E-state index contributed by atoms with van der Waals surface area (Å²) in [5.74, 6) is 0.966. The summed E-state index contributed by atoms with van der Waals surface area (Å²) in [6.07, 6.45) is 2.47. The van der Waals surface area contributed by atoms with E-state index in [4.69, 9.17) is 9.47 Å². The number of nitrogens with zero attached hydrogens (tertiary/aromatic N) is 1. The number of anilines is 1. The van der Waals surface area contributed by atoms with Gasteiger partial charge in [0.25, 0.3) is 5.91 Å². The van der Waals surface area contributed by atoms with Gasteiger partial charge in [-0.2, -0.15) is 11.8 Å². The number of amides is 3. The van der Waals surface area contributed by atoms with E-state index in [1.165, 1.54) is 23.6 Å². The lowest BCUT2D eigenvalue weighted by molar-refractivity contribution is -0.117. The molecule has 1 atom stereocenters. The maximum Gasteiger partial charge on any atom is 0.261 e. The standard InChI is InChI=1S/C23H28N2O5S/c1-6-30-22-12-17(10-11-21(22)29-4)20(13-31-5)25(14-26)23(28)18-8-7-9-19(15(18)2)24-16(3)27/h7-12,14,20H,6,13H2,1-5H3,(H,24,27). The number of imide groups is 1. The number of carbonyl (C=O) groups is 3. The molecule has 0 saturated heterocycles. The minimum absolute atomic E-state index is 0.234. The van der Waals surface area contributed by atoms with Gasteiger partial charge in [-0.15, -0.1) is 0 Å². The lowest BCUT2D eigenvalue weighted by Gasteiger charge is -2.28. The molecule has 2 aromatic rings. The largest absolute Gasteiger partial charge is 0.493 e. The molecule has 8 heteroatoms. The molecule has 0 radical (unpaired) electrons. The van der Waals surface area contributed by atoms with Crippen molar-refractivity contribution >= 4 is 35.7 Å². The Morgan fingerprint density at radius 3 is 2.55 bits per heavy atom. The summed E-state index contributed by atoms with van der Waals surface area (Å²) in [5, 5.41) is 2.71. The first-order valence-corrected chi connectivity index (χ1v) is 11.2. The fraction of sp³-hybridized carbons (Fsp3) is 0.348. The molecule has 1 unspecified atom stereocenters. The van der Waals surface area contributed by atoms with Crippen LogP contribution < -0.4 is 14.8 Å². The quantitative estimate of drug-likeness (QED) is 0.556. The second kappa shape index (κ2) is 11.4. The zero-order chi connectivity index (χ0) is 23.0. The maximum absolute atomic E-state index is 13.4. The molecular weight excluding hydrogens is 416 g/mol. The second-order valence-corrected chi connectivity index (χ2v) is 7.70. The van der Waals surface area contributed by atoms with Crippen LogP contribution in [-0.2, 0) is 9.59 Å². The third-order valence-electron chi connectivity index (χ3n) is 4.76. The minimum atomic E-state index is -0.506. The monoisotopic (exact) mass is 444 g/mol. The molecule has 0 aliphatic heterocycles. The molecule has 0 aromatic heterocycles. The van der Waals surface area contributed by atoms with Gasteiger partial charge >= 0.3 is 0 Å². The highest BCUT2D eigenvalue weighted by Crippen LogP contribution is 2.34. The van der Waals surface area contributed by atoms with Crippen LogP contribution in [0.5, 0.6) is 11.5 Å². The summed E-state index contributed by atoms with van der Waals surface area (Å²) in [4.78, 5) is 38.1. The Labute approximate surface area is 187 Å². The van der Waals surface area contributed by atoms with E-state index in [1.807, 2.05) is 19.2 Å². The third kappa shape index (κ3) is 5.79. The van der Waals surface area contributed by atoms with Crippen molar-refractivity contribution < 1.29 is 23.9 Å². The highest BCUT2D eigenvalue weighted by Gasteiger charge is 2.28. The molecule has 2 aromatic carbocycles. The predicted molar refractivity (Wildman–Crippen MR) is 123 cm³/mol. The number of carbonyl (C=O) groups excluding carboxylic acids is 3. The first kappa shape index (κ1) is 24.3. The molecule has 0 fully saturated rings. The fourth-order valence-corrected chi connectivity index (χ4v) is 3.93. The van der Waals surface area contributed by atoms with Crippen LogP contribution in [0.4, 0.5) is 5.69 Å². The van der Waals surface area contributed by atoms with Gasteiger partial charge in [-0.3, -0.25) is 19.3 Å². The van der Waals surface area contributed by atoms with Gasteiger partial charge in [0.1, 0.15) is 0 Å². The Balaban J connectivity index is 2.48. The first-order valence-electron chi connectivity index (χ1n) is 9.82. The number of thioether (sulfide) groups is 1. The molecule has 1 N–H and O–H groups in total. The molecule has 0 saturated carbocycles. The zero-order valence-corrected chi connectivity index (χ0v) is 19.2. The summed E-state index contributed by atoms with van der Waals surface area (Å²) in [7, 11) is 1.56. The minimum Gasteiger partial charge on any atom is -0.493 e. The molecule has 3 amide bonds. The fourth-order valence-electron chi connectivity index (χ4n) is 3.26. The number of hydrogen-bond acceptors (Lipinski definition) is 6. The average molecular weight is 445 g/mol. The van der Waals surface area contributed by atoms with Gasteiger partial charge in [-0.05, 0) is 55.5 Å². The van der Waals surface area contributed by atoms with E-state index in [-0.39, 0.29) is 5.91 Å². The molecule has 7 nitrogen and oxygen atoms in total. The molecule has 0 aliphatic rings. The van der Waals surface area contributed by atoms with Gasteiger partial charge in [-0.1, -0.05) is 12.1 Å². The van der Waals surface area contributed by atoms with Crippen molar-refractivity contribution in [2.75, 3.05) is 31.0 Å². The van der Waals surface area contributed by atoms with Crippen LogP contribution in [-0.4, -0.2) is 48.8 Å². The van der Waals surface area contributed by atoms with Crippen LogP contribution in [0.25, 0.3) is 0 Å². The molecule has 2 rings (SSSR count). The molecule has 0 spiro atoms. The van der Waals surface area contributed by atoms with Crippen molar-refractivity contribution in [2.24, 2.45) is 0 Å². The molecule has 0 aliphatic carbocycles. The van der Waals surface area contributed by atoms with E-state index in [9.17, 15) is 14.4 Å². The summed E-state index contributed by atoms with van der Waals surface area (Å²) in [5.41, 5.74) is 2.24. The number of methoxy groups -OCH3 is 1. The Morgan fingerprint density at radius 2 is 1.97 bits per heavy atom. The van der Waals surface area contributed by atoms with Crippen molar-refractivity contribution in [1.29, 1.82) is 0 Å². The lowest BCUT2D eigenvalue weighted by Crippen LogP contribution is -2.35. The normalized spacial score (nSPS) is 11.4. The third-order valence-corrected chi connectivity index (χ3v) is 5.40. The van der Waals surface area contributed by atoms with Crippen LogP contribution in [0.1, 0.15) is 41.4 Å². The van der Waals surface area contributed by atoms with Gasteiger partial charge < -0.3 is 14.8 Å². The first-order chi connectivity index (χ1) is 14.9. The summed E-state index contributed by atoms with van der Waals surface area (Å²) >= 11 is 1.52. The molecule has 31 heavy (non-hydrogen) atoms. The van der Waals surface area contributed by atoms with Crippen molar-refractivity contribution in [1.82, 2.24) is 4.90 Å². The Morgan fingerprint density at radius 1 is 1.23 bits per heavy atom. The number of nitrogens with one attached hydrogen (secondary N) is 1. The highest BCUT2D eigenvalue weighted by atomic mass is 32.2. The van der Waals surface area contributed by atoms with E-state index in [0.717, 1.165) is 5.56 Å². The molecule has 0 heterocycles. The van der Waals surface area contributed by atoms with Crippen LogP contribution in [0.15, 0.2) is 36.4 Å². The molecule has 0 bridgehead atoms. The Kier molecular flexibility index (Phi) is 8.93. The van der Waals surface area contributed by atoms with Crippen LogP contribution in [0, 0.1) is 6.92 Å². The number of hydrogen-bond donors (Lipinski definition) is 1. The van der Waals surface area contributed by atoms with Gasteiger partial charge in [0.05, 0.1) is 19.8 Å². The Bertz CT molecular complexity index is 948. The summed E-state index contributed by atoms with van der Waals surface area (Å²) in [6.45, 7) is 5.47. The summed E-state index contributed by atoms with van der Waals surface area (Å²) < 4.78 is 11.0. The van der Waals surface area contributed by atoms with Crippen molar-refractivity contribution in [3.05, 3.63) is 53.1 Å². The topological polar surface area (TPSA) is 84.9 Å². The number of benzene rings is 2. The van der Waals surface area contributed by atoms with E-state index in [0.29, 0.717) is 47.1 Å². The lowest BCUT2D eigenvalue weighted by atomic mass is 10.0. The maximum atomic E-state index is 13.4. The molecular formula is C23H28N2O5S. The van der Waals surface area contributed by atoms with E-state index >= 15 is 0 Å². The van der Waals surface area contributed by atoms with Gasteiger partial charge in [0, 0.05) is 23.9 Å². The van der Waals surface area contributed by atoms with Crippen molar-refractivity contribution in [2.45, 2.75) is 26.8 Å². The smallest absolute Gasteiger partial charge is 0.261 e. The Hall–Kier alpha value is -3.00. The average Bonchev–Trinajstić information content (AvgIpc) is 2.75. The SMILES string of the molecule is CCOc1cc(C(CSC)N(C=O)C(=O)c2cccc(NC(C)=O)c2C)ccc1OC. The second-order valence-electron chi connectivity index (χ2n) is 6.79. The van der Waals surface area contributed by atoms with E-state index < -0.39 is 11.9 Å². The van der Waals surface area contributed by atoms with Crippen LogP contribution >= 0.6 is 11.8 Å². The van der Waals surface area contributed by atoms with Gasteiger partial charge in [-0.25, -0.2) is 0 Å². The van der Waals surface area contributed by atoms with Gasteiger partial charge in [0.15, 0.2) is 11.5 Å². The van der Waals surface area contributed by atoms with Crippen molar-refractivity contribution in [3.8, 4) is 11.5 Å². The summed E-state index contributed by atoms with van der Waals surface area (Å²) in [6, 6.07) is 9.93. The van der Waals surface area contributed by atoms with Crippen molar-refractivity contribution in [3.63, 3.8) is 0 Å². The zero-order valence-electron chi connectivity index (χ0n) is 18.4. The number of rotatable bonds is 10. The predicted octanol–water partition coefficient (Wildman–Crippen LogP) is 4.06. The van der Waals surface area contributed by atoms with E-state index in [2.05, 4.69) is 5.32 Å². The van der Waals surface area contributed by atoms with E-state index in [1.54, 1.807) is 44.4 Å². The highest BCUT2D eigenvalue weighted by molar-refractivity contribution is 7.98. The van der Waals surface area contributed by atoms with Gasteiger partial charge in [0.2, 0.25) is 12.3 Å².